The number of nitrogens with zero attached hydrogens (tertiary/aromatic N) is 2. The van der Waals surface area contributed by atoms with Gasteiger partial charge in [0.2, 0.25) is 0 Å². The van der Waals surface area contributed by atoms with E-state index >= 15 is 0 Å². The van der Waals surface area contributed by atoms with Gasteiger partial charge in [0.15, 0.2) is 0 Å². The van der Waals surface area contributed by atoms with Crippen molar-refractivity contribution in [2.75, 3.05) is 6.61 Å². The Hall–Kier alpha value is -2.99. The summed E-state index contributed by atoms with van der Waals surface area (Å²) in [6, 6.07) is 11.8. The van der Waals surface area contributed by atoms with Gasteiger partial charge >= 0.3 is 0 Å². The van der Waals surface area contributed by atoms with Gasteiger partial charge in [0, 0.05) is 0 Å². The maximum Gasteiger partial charge on any atom is 0.283 e. The van der Waals surface area contributed by atoms with Crippen LogP contribution in [0.1, 0.15) is 109 Å². The topological polar surface area (TPSA) is 68.1 Å². The Morgan fingerprint density at radius 3 is 1.82 bits per heavy atom. The van der Waals surface area contributed by atoms with Gasteiger partial charge in [0.1, 0.15) is 5.75 Å². The van der Waals surface area contributed by atoms with E-state index in [0.29, 0.717) is 16.5 Å². The van der Waals surface area contributed by atoms with Crippen molar-refractivity contribution in [2.24, 2.45) is 9.39 Å². The Bertz CT molecular complexity index is 1300. The molecule has 0 unspecified atom stereocenters. The zero-order valence-electron chi connectivity index (χ0n) is 24.6. The molecule has 0 radical (unpaired) electrons. The van der Waals surface area contributed by atoms with E-state index in [0.717, 1.165) is 46.9 Å². The van der Waals surface area contributed by atoms with Crippen LogP contribution in [0, 0.1) is 0 Å². The average Bonchev–Trinajstić information content (AvgIpc) is 2.89. The summed E-state index contributed by atoms with van der Waals surface area (Å²) in [5, 5.41) is 0. The normalized spacial score (nSPS) is 13.6. The molecule has 0 aliphatic heterocycles. The van der Waals surface area contributed by atoms with Crippen LogP contribution in [0.3, 0.4) is 0 Å². The van der Waals surface area contributed by atoms with Gasteiger partial charge in [0.05, 0.1) is 28.6 Å². The Kier molecular flexibility index (Phi) is 10.9. The average molecular weight is 549 g/mol. The third kappa shape index (κ3) is 8.50. The lowest BCUT2D eigenvalue weighted by Gasteiger charge is -2.21. The second-order valence-corrected chi connectivity index (χ2v) is 12.6. The van der Waals surface area contributed by atoms with E-state index < -0.39 is 10.0 Å². The summed E-state index contributed by atoms with van der Waals surface area (Å²) in [5.74, 6) is 1.26. The van der Waals surface area contributed by atoms with Crippen molar-refractivity contribution in [3.63, 3.8) is 0 Å². The number of rotatable bonds is 12. The molecule has 0 heterocycles. The number of benzene rings is 2. The van der Waals surface area contributed by atoms with E-state index in [1.165, 1.54) is 19.3 Å². The minimum Gasteiger partial charge on any atom is -0.494 e. The first-order valence-electron chi connectivity index (χ1n) is 14.2. The van der Waals surface area contributed by atoms with Crippen LogP contribution in [0.2, 0.25) is 0 Å². The number of ether oxygens (including phenoxy) is 1. The van der Waals surface area contributed by atoms with Crippen molar-refractivity contribution in [1.29, 1.82) is 0 Å². The summed E-state index contributed by atoms with van der Waals surface area (Å²) in [7, 11) is -3.92. The highest BCUT2D eigenvalue weighted by atomic mass is 32.2. The molecule has 0 aromatic heterocycles. The van der Waals surface area contributed by atoms with Crippen molar-refractivity contribution in [3.8, 4) is 5.75 Å². The standard InChI is InChI=1S/C33H44N2O3S/c1-8-9-10-11-20-38-30-18-16-28(17-19-30)34-27-12-14-29(15-13-27)35-39(36,37)33-31(24(4)5)21-26(23(2)3)22-32(33)25(6)7/h12-19,21-25H,8-11,20H2,1-7H3. The Morgan fingerprint density at radius 2 is 1.31 bits per heavy atom. The van der Waals surface area contributed by atoms with Crippen LogP contribution in [0.5, 0.6) is 5.75 Å². The lowest BCUT2D eigenvalue weighted by atomic mass is 9.89. The molecule has 1 aliphatic rings. The summed E-state index contributed by atoms with van der Waals surface area (Å²) < 4.78 is 37.4. The summed E-state index contributed by atoms with van der Waals surface area (Å²) >= 11 is 0. The van der Waals surface area contributed by atoms with Crippen LogP contribution in [0.4, 0.5) is 5.69 Å². The zero-order valence-corrected chi connectivity index (χ0v) is 25.4. The SMILES string of the molecule is CCCCCCOc1ccc(N=C2C=CC(=NS(=O)(=O)c3c(C(C)C)cc(C(C)C)cc3C(C)C)C=C2)cc1. The van der Waals surface area contributed by atoms with E-state index in [9.17, 15) is 8.42 Å². The lowest BCUT2D eigenvalue weighted by molar-refractivity contribution is 0.305. The van der Waals surface area contributed by atoms with Crippen LogP contribution in [0.15, 0.2) is 75.0 Å². The van der Waals surface area contributed by atoms with Gasteiger partial charge < -0.3 is 4.74 Å². The number of unbranched alkanes of at least 4 members (excludes halogenated alkanes) is 3. The van der Waals surface area contributed by atoms with Gasteiger partial charge in [-0.3, -0.25) is 0 Å². The first-order chi connectivity index (χ1) is 18.5. The first kappa shape index (κ1) is 30.6. The van der Waals surface area contributed by atoms with Crippen LogP contribution in [-0.4, -0.2) is 26.4 Å². The third-order valence-corrected chi connectivity index (χ3v) is 8.21. The highest BCUT2D eigenvalue weighted by Crippen LogP contribution is 2.36. The van der Waals surface area contributed by atoms with Gasteiger partial charge in [-0.25, -0.2) is 4.99 Å². The number of hydrogen-bond donors (Lipinski definition) is 0. The van der Waals surface area contributed by atoms with Crippen LogP contribution >= 0.6 is 0 Å². The molecule has 0 amide bonds. The minimum absolute atomic E-state index is 0.0557. The Morgan fingerprint density at radius 1 is 0.744 bits per heavy atom. The predicted molar refractivity (Wildman–Crippen MR) is 165 cm³/mol. The molecule has 2 aromatic rings. The number of allylic oxidation sites excluding steroid dienone is 4. The molecule has 39 heavy (non-hydrogen) atoms. The molecule has 0 spiro atoms. The van der Waals surface area contributed by atoms with Gasteiger partial charge in [-0.15, -0.1) is 0 Å². The Balaban J connectivity index is 1.80. The molecule has 210 valence electrons. The molecule has 0 saturated carbocycles. The second kappa shape index (κ2) is 13.9. The van der Waals surface area contributed by atoms with E-state index in [4.69, 9.17) is 4.74 Å². The van der Waals surface area contributed by atoms with E-state index in [-0.39, 0.29) is 11.8 Å². The second-order valence-electron chi connectivity index (χ2n) is 11.1. The molecule has 0 atom stereocenters. The van der Waals surface area contributed by atoms with Crippen molar-refractivity contribution in [1.82, 2.24) is 0 Å². The van der Waals surface area contributed by atoms with Crippen molar-refractivity contribution < 1.29 is 13.2 Å². The fourth-order valence-corrected chi connectivity index (χ4v) is 6.12. The molecule has 3 rings (SSSR count). The van der Waals surface area contributed by atoms with Gasteiger partial charge in [0.25, 0.3) is 10.0 Å². The highest BCUT2D eigenvalue weighted by Gasteiger charge is 2.27. The summed E-state index contributed by atoms with van der Waals surface area (Å²) in [4.78, 5) is 5.00. The summed E-state index contributed by atoms with van der Waals surface area (Å²) in [6.45, 7) is 15.3. The van der Waals surface area contributed by atoms with E-state index in [1.54, 1.807) is 24.3 Å². The van der Waals surface area contributed by atoms with E-state index in [1.807, 2.05) is 64.1 Å². The molecule has 0 saturated heterocycles. The van der Waals surface area contributed by atoms with Crippen molar-refractivity contribution >= 4 is 27.1 Å². The fourth-order valence-electron chi connectivity index (χ4n) is 4.44. The fraction of sp³-hybridized carbons (Fsp3) is 0.455. The number of aliphatic imine (C=N–C) groups is 1. The summed E-state index contributed by atoms with van der Waals surface area (Å²) in [5.41, 5.74) is 4.73. The quantitative estimate of drug-likeness (QED) is 0.196. The minimum atomic E-state index is -3.92. The molecule has 0 bridgehead atoms. The predicted octanol–water partition coefficient (Wildman–Crippen LogP) is 9.04. The number of sulfonamides is 1. The van der Waals surface area contributed by atoms with E-state index in [2.05, 4.69) is 30.2 Å². The molecular formula is C33H44N2O3S. The smallest absolute Gasteiger partial charge is 0.283 e. The highest BCUT2D eigenvalue weighted by molar-refractivity contribution is 7.90. The van der Waals surface area contributed by atoms with Crippen LogP contribution < -0.4 is 4.74 Å². The first-order valence-corrected chi connectivity index (χ1v) is 15.7. The monoisotopic (exact) mass is 548 g/mol. The molecule has 5 nitrogen and oxygen atoms in total. The maximum atomic E-state index is 13.7. The molecule has 2 aromatic carbocycles. The maximum absolute atomic E-state index is 13.7. The lowest BCUT2D eigenvalue weighted by Crippen LogP contribution is -2.12. The zero-order chi connectivity index (χ0) is 28.6. The molecule has 6 heteroatoms. The van der Waals surface area contributed by atoms with Crippen LogP contribution in [-0.2, 0) is 10.0 Å². The number of hydrogen-bond acceptors (Lipinski definition) is 4. The Labute approximate surface area is 235 Å². The third-order valence-electron chi connectivity index (χ3n) is 6.77. The molecular weight excluding hydrogens is 504 g/mol. The summed E-state index contributed by atoms with van der Waals surface area (Å²) in [6.07, 6.45) is 11.7. The molecule has 0 fully saturated rings. The van der Waals surface area contributed by atoms with Crippen molar-refractivity contribution in [3.05, 3.63) is 77.4 Å². The molecule has 0 N–H and O–H groups in total. The van der Waals surface area contributed by atoms with Crippen molar-refractivity contribution in [2.45, 2.75) is 96.8 Å². The van der Waals surface area contributed by atoms with Gasteiger partial charge in [-0.05, 0) is 89.4 Å². The van der Waals surface area contributed by atoms with Crippen LogP contribution in [0.25, 0.3) is 0 Å². The van der Waals surface area contributed by atoms with Gasteiger partial charge in [-0.2, -0.15) is 12.8 Å². The molecule has 1 aliphatic carbocycles. The largest absolute Gasteiger partial charge is 0.494 e. The van der Waals surface area contributed by atoms with Gasteiger partial charge in [-0.1, -0.05) is 79.9 Å².